The largest absolute Gasteiger partial charge is 0.481 e. The molecule has 4 heteroatoms. The molecular weight excluding hydrogens is 170 g/mol. The molecule has 0 bridgehead atoms. The minimum Gasteiger partial charge on any atom is -0.481 e. The van der Waals surface area contributed by atoms with Gasteiger partial charge in [0.05, 0.1) is 5.92 Å². The second kappa shape index (κ2) is 3.77. The quantitative estimate of drug-likeness (QED) is 0.689. The van der Waals surface area contributed by atoms with Crippen molar-refractivity contribution in [3.05, 3.63) is 0 Å². The fourth-order valence-corrected chi connectivity index (χ4v) is 1.93. The molecule has 0 aromatic carbocycles. The van der Waals surface area contributed by atoms with Crippen LogP contribution < -0.4 is 0 Å². The summed E-state index contributed by atoms with van der Waals surface area (Å²) in [5, 5.41) is 8.88. The average Bonchev–Trinajstić information content (AvgIpc) is 2.50. The van der Waals surface area contributed by atoms with Gasteiger partial charge in [0, 0.05) is 20.0 Å². The van der Waals surface area contributed by atoms with Gasteiger partial charge < -0.3 is 10.0 Å². The normalized spacial score (nSPS) is 27.2. The molecule has 1 aliphatic carbocycles. The Morgan fingerprint density at radius 1 is 1.38 bits per heavy atom. The maximum atomic E-state index is 11.0. The Morgan fingerprint density at radius 3 is 2.46 bits per heavy atom. The minimum absolute atomic E-state index is 0.0573. The first-order chi connectivity index (χ1) is 6.04. The van der Waals surface area contributed by atoms with Crippen LogP contribution in [-0.2, 0) is 9.59 Å². The van der Waals surface area contributed by atoms with Crippen molar-refractivity contribution in [1.29, 1.82) is 0 Å². The molecule has 0 aromatic heterocycles. The fourth-order valence-electron chi connectivity index (χ4n) is 1.93. The van der Waals surface area contributed by atoms with Crippen LogP contribution in [0.5, 0.6) is 0 Å². The van der Waals surface area contributed by atoms with Crippen LogP contribution in [0.4, 0.5) is 0 Å². The Balaban J connectivity index is 2.68. The van der Waals surface area contributed by atoms with Crippen LogP contribution in [0.1, 0.15) is 26.2 Å². The summed E-state index contributed by atoms with van der Waals surface area (Å²) < 4.78 is 0. The maximum absolute atomic E-state index is 11.0. The van der Waals surface area contributed by atoms with Gasteiger partial charge in [0.15, 0.2) is 0 Å². The zero-order valence-electron chi connectivity index (χ0n) is 7.99. The monoisotopic (exact) mass is 185 g/mol. The number of rotatable bonds is 2. The van der Waals surface area contributed by atoms with E-state index in [1.807, 2.05) is 0 Å². The van der Waals surface area contributed by atoms with E-state index in [0.29, 0.717) is 6.42 Å². The van der Waals surface area contributed by atoms with Crippen LogP contribution in [0.25, 0.3) is 0 Å². The van der Waals surface area contributed by atoms with Gasteiger partial charge in [-0.3, -0.25) is 9.59 Å². The minimum atomic E-state index is -0.782. The summed E-state index contributed by atoms with van der Waals surface area (Å²) in [5.41, 5.74) is 0. The topological polar surface area (TPSA) is 57.6 Å². The smallest absolute Gasteiger partial charge is 0.308 e. The van der Waals surface area contributed by atoms with Crippen molar-refractivity contribution < 1.29 is 14.7 Å². The van der Waals surface area contributed by atoms with E-state index in [2.05, 4.69) is 0 Å². The van der Waals surface area contributed by atoms with E-state index in [1.165, 1.54) is 6.92 Å². The summed E-state index contributed by atoms with van der Waals surface area (Å²) in [6.45, 7) is 1.47. The third kappa shape index (κ3) is 1.99. The van der Waals surface area contributed by atoms with Crippen molar-refractivity contribution in [2.24, 2.45) is 5.92 Å². The predicted molar refractivity (Wildman–Crippen MR) is 47.2 cm³/mol. The van der Waals surface area contributed by atoms with Gasteiger partial charge in [0.2, 0.25) is 5.91 Å². The molecule has 1 saturated carbocycles. The Kier molecular flexibility index (Phi) is 2.90. The van der Waals surface area contributed by atoms with Gasteiger partial charge in [-0.05, 0) is 12.8 Å². The lowest BCUT2D eigenvalue weighted by Crippen LogP contribution is -2.40. The molecule has 1 aliphatic rings. The summed E-state index contributed by atoms with van der Waals surface area (Å²) in [4.78, 5) is 23.4. The van der Waals surface area contributed by atoms with E-state index in [4.69, 9.17) is 5.11 Å². The van der Waals surface area contributed by atoms with Gasteiger partial charge in [0.25, 0.3) is 0 Å². The third-order valence-electron chi connectivity index (χ3n) is 2.79. The SMILES string of the molecule is CC(=O)N(C)[C@H]1CCC[C@H]1C(=O)O. The lowest BCUT2D eigenvalue weighted by Gasteiger charge is -2.26. The van der Waals surface area contributed by atoms with Crippen molar-refractivity contribution >= 4 is 11.9 Å². The molecule has 1 N–H and O–H groups in total. The molecule has 0 spiro atoms. The number of amides is 1. The van der Waals surface area contributed by atoms with Crippen molar-refractivity contribution in [2.45, 2.75) is 32.2 Å². The standard InChI is InChI=1S/C9H15NO3/c1-6(11)10(2)8-5-3-4-7(8)9(12)13/h7-8H,3-5H2,1-2H3,(H,12,13)/t7-,8+/m1/s1. The highest BCUT2D eigenvalue weighted by Gasteiger charge is 2.36. The van der Waals surface area contributed by atoms with Crippen molar-refractivity contribution in [1.82, 2.24) is 4.90 Å². The molecule has 0 saturated heterocycles. The number of carbonyl (C=O) groups excluding carboxylic acids is 1. The summed E-state index contributed by atoms with van der Waals surface area (Å²) in [7, 11) is 1.67. The van der Waals surface area contributed by atoms with Crippen LogP contribution in [0.15, 0.2) is 0 Å². The number of aliphatic carboxylic acids is 1. The highest BCUT2D eigenvalue weighted by Crippen LogP contribution is 2.29. The zero-order chi connectivity index (χ0) is 10.0. The van der Waals surface area contributed by atoms with E-state index >= 15 is 0 Å². The molecular formula is C9H15NO3. The van der Waals surface area contributed by atoms with Crippen molar-refractivity contribution in [2.75, 3.05) is 7.05 Å². The summed E-state index contributed by atoms with van der Waals surface area (Å²) >= 11 is 0. The Labute approximate surface area is 77.5 Å². The molecule has 0 heterocycles. The lowest BCUT2D eigenvalue weighted by atomic mass is 10.0. The molecule has 1 rings (SSSR count). The lowest BCUT2D eigenvalue weighted by molar-refractivity contribution is -0.144. The first-order valence-electron chi connectivity index (χ1n) is 4.50. The van der Waals surface area contributed by atoms with Gasteiger partial charge in [-0.25, -0.2) is 0 Å². The summed E-state index contributed by atoms with van der Waals surface area (Å²) in [6, 6.07) is -0.102. The van der Waals surface area contributed by atoms with Gasteiger partial charge in [-0.15, -0.1) is 0 Å². The van der Waals surface area contributed by atoms with E-state index in [-0.39, 0.29) is 17.9 Å². The van der Waals surface area contributed by atoms with Gasteiger partial charge in [-0.2, -0.15) is 0 Å². The third-order valence-corrected chi connectivity index (χ3v) is 2.79. The second-order valence-corrected chi connectivity index (χ2v) is 3.57. The molecule has 74 valence electrons. The second-order valence-electron chi connectivity index (χ2n) is 3.57. The molecule has 4 nitrogen and oxygen atoms in total. The molecule has 0 aliphatic heterocycles. The van der Waals surface area contributed by atoms with Crippen LogP contribution in [-0.4, -0.2) is 35.0 Å². The van der Waals surface area contributed by atoms with E-state index < -0.39 is 5.97 Å². The number of hydrogen-bond acceptors (Lipinski definition) is 2. The highest BCUT2D eigenvalue weighted by molar-refractivity contribution is 5.76. The van der Waals surface area contributed by atoms with Crippen LogP contribution in [0.3, 0.4) is 0 Å². The Morgan fingerprint density at radius 2 is 2.00 bits per heavy atom. The zero-order valence-corrected chi connectivity index (χ0v) is 7.99. The first kappa shape index (κ1) is 10.0. The average molecular weight is 185 g/mol. The summed E-state index contributed by atoms with van der Waals surface area (Å²) in [5.74, 6) is -1.21. The predicted octanol–water partition coefficient (Wildman–Crippen LogP) is 0.718. The maximum Gasteiger partial charge on any atom is 0.308 e. The van der Waals surface area contributed by atoms with E-state index in [0.717, 1.165) is 12.8 Å². The summed E-state index contributed by atoms with van der Waals surface area (Å²) in [6.07, 6.45) is 2.41. The van der Waals surface area contributed by atoms with Crippen molar-refractivity contribution in [3.63, 3.8) is 0 Å². The van der Waals surface area contributed by atoms with Crippen LogP contribution in [0.2, 0.25) is 0 Å². The molecule has 13 heavy (non-hydrogen) atoms. The van der Waals surface area contributed by atoms with Gasteiger partial charge in [0.1, 0.15) is 0 Å². The van der Waals surface area contributed by atoms with Gasteiger partial charge >= 0.3 is 5.97 Å². The molecule has 0 aromatic rings. The van der Waals surface area contributed by atoms with Crippen LogP contribution in [0, 0.1) is 5.92 Å². The van der Waals surface area contributed by atoms with Crippen LogP contribution >= 0.6 is 0 Å². The number of carboxylic acids is 1. The molecule has 1 fully saturated rings. The highest BCUT2D eigenvalue weighted by atomic mass is 16.4. The Hall–Kier alpha value is -1.06. The van der Waals surface area contributed by atoms with Crippen molar-refractivity contribution in [3.8, 4) is 0 Å². The first-order valence-corrected chi connectivity index (χ1v) is 4.50. The molecule has 0 unspecified atom stereocenters. The molecule has 0 radical (unpaired) electrons. The number of carboxylic acid groups (broad SMARTS) is 1. The Bertz CT molecular complexity index is 227. The van der Waals surface area contributed by atoms with E-state index in [9.17, 15) is 9.59 Å². The number of hydrogen-bond donors (Lipinski definition) is 1. The molecule has 1 amide bonds. The van der Waals surface area contributed by atoms with Gasteiger partial charge in [-0.1, -0.05) is 6.42 Å². The number of nitrogens with zero attached hydrogens (tertiary/aromatic N) is 1. The van der Waals surface area contributed by atoms with E-state index in [1.54, 1.807) is 11.9 Å². The number of carbonyl (C=O) groups is 2. The molecule has 2 atom stereocenters. The fraction of sp³-hybridized carbons (Fsp3) is 0.778.